The molecule has 4 heterocycles. The fourth-order valence-corrected chi connectivity index (χ4v) is 7.02. The summed E-state index contributed by atoms with van der Waals surface area (Å²) >= 11 is 6.90. The highest BCUT2D eigenvalue weighted by atomic mass is 35.5. The molecule has 1 aliphatic heterocycles. The van der Waals surface area contributed by atoms with Crippen molar-refractivity contribution in [1.82, 2.24) is 14.5 Å². The first kappa shape index (κ1) is 23.8. The van der Waals surface area contributed by atoms with E-state index in [0.29, 0.717) is 40.9 Å². The van der Waals surface area contributed by atoms with Crippen LogP contribution in [-0.4, -0.2) is 48.5 Å². The van der Waals surface area contributed by atoms with E-state index in [1.807, 2.05) is 25.1 Å². The number of nitrogens with one attached hydrogen (secondary N) is 1. The van der Waals surface area contributed by atoms with Gasteiger partial charge < -0.3 is 13.6 Å². The molecule has 13 heteroatoms. The van der Waals surface area contributed by atoms with E-state index in [1.54, 1.807) is 12.1 Å². The number of thiophene rings is 1. The van der Waals surface area contributed by atoms with Gasteiger partial charge in [-0.05, 0) is 44.0 Å². The molecule has 1 N–H and O–H groups in total. The quantitative estimate of drug-likeness (QED) is 0.362. The summed E-state index contributed by atoms with van der Waals surface area (Å²) in [5, 5.41) is 11.3. The van der Waals surface area contributed by atoms with Crippen LogP contribution in [-0.2, 0) is 14.8 Å². The average Bonchev–Trinajstić information content (AvgIpc) is 3.59. The topological polar surface area (TPSA) is 128 Å². The number of piperidine rings is 1. The molecular weight excluding hydrogens is 516 g/mol. The lowest BCUT2D eigenvalue weighted by Crippen LogP contribution is -2.41. The summed E-state index contributed by atoms with van der Waals surface area (Å²) < 4.78 is 44.5. The number of benzene rings is 1. The lowest BCUT2D eigenvalue weighted by Gasteiger charge is -2.29. The van der Waals surface area contributed by atoms with Crippen molar-refractivity contribution in [1.29, 1.82) is 0 Å². The standard InChI is InChI=1S/C22H21ClN4O6S2/c1-2-31-15-5-3-4-14-12-16(32-19(14)15)21-25-26-22(33-21)24-20(28)13-8-10-27(11-9-13)35(29,30)18-7-6-17(23)34-18/h3-7,12-13H,2,8-11H2,1H3,(H,24,26,28). The van der Waals surface area contributed by atoms with Crippen LogP contribution in [0.5, 0.6) is 5.75 Å². The Morgan fingerprint density at radius 2 is 2.03 bits per heavy atom. The molecule has 35 heavy (non-hydrogen) atoms. The number of fused-ring (bicyclic) bond motifs is 1. The number of halogens is 1. The van der Waals surface area contributed by atoms with Gasteiger partial charge in [-0.2, -0.15) is 4.31 Å². The molecule has 1 fully saturated rings. The predicted molar refractivity (Wildman–Crippen MR) is 130 cm³/mol. The molecule has 10 nitrogen and oxygen atoms in total. The Hall–Kier alpha value is -2.93. The van der Waals surface area contributed by atoms with Gasteiger partial charge in [0.15, 0.2) is 17.1 Å². The van der Waals surface area contributed by atoms with Crippen LogP contribution in [0.2, 0.25) is 4.34 Å². The molecule has 0 spiro atoms. The van der Waals surface area contributed by atoms with Crippen molar-refractivity contribution in [2.24, 2.45) is 5.92 Å². The van der Waals surface area contributed by atoms with E-state index >= 15 is 0 Å². The molecule has 4 aromatic rings. The zero-order valence-corrected chi connectivity index (χ0v) is 21.0. The van der Waals surface area contributed by atoms with E-state index in [2.05, 4.69) is 15.5 Å². The highest BCUT2D eigenvalue weighted by molar-refractivity contribution is 7.91. The summed E-state index contributed by atoms with van der Waals surface area (Å²) in [7, 11) is -3.62. The number of carbonyl (C=O) groups is 1. The monoisotopic (exact) mass is 536 g/mol. The number of amides is 1. The van der Waals surface area contributed by atoms with E-state index in [9.17, 15) is 13.2 Å². The van der Waals surface area contributed by atoms with Gasteiger partial charge in [-0.25, -0.2) is 8.42 Å². The van der Waals surface area contributed by atoms with Crippen LogP contribution in [0.25, 0.3) is 22.6 Å². The van der Waals surface area contributed by atoms with Gasteiger partial charge in [-0.1, -0.05) is 28.8 Å². The average molecular weight is 537 g/mol. The third-order valence-electron chi connectivity index (χ3n) is 5.64. The Balaban J connectivity index is 1.22. The van der Waals surface area contributed by atoms with Crippen molar-refractivity contribution in [2.75, 3.05) is 25.0 Å². The highest BCUT2D eigenvalue weighted by Crippen LogP contribution is 2.34. The second-order valence-electron chi connectivity index (χ2n) is 7.86. The smallest absolute Gasteiger partial charge is 0.322 e. The second-order valence-corrected chi connectivity index (χ2v) is 11.7. The maximum absolute atomic E-state index is 12.8. The summed E-state index contributed by atoms with van der Waals surface area (Å²) in [5.74, 6) is 0.393. The van der Waals surface area contributed by atoms with Crippen LogP contribution in [0.1, 0.15) is 19.8 Å². The molecule has 0 unspecified atom stereocenters. The molecule has 0 atom stereocenters. The molecule has 0 saturated carbocycles. The van der Waals surface area contributed by atoms with Gasteiger partial charge in [0.05, 0.1) is 10.9 Å². The zero-order valence-electron chi connectivity index (χ0n) is 18.6. The first-order valence-corrected chi connectivity index (χ1v) is 13.5. The number of ether oxygens (including phenoxy) is 1. The van der Waals surface area contributed by atoms with E-state index in [0.717, 1.165) is 16.7 Å². The first-order valence-electron chi connectivity index (χ1n) is 10.9. The number of hydrogen-bond acceptors (Lipinski definition) is 9. The number of anilines is 1. The molecule has 0 bridgehead atoms. The van der Waals surface area contributed by atoms with Crippen LogP contribution >= 0.6 is 22.9 Å². The SMILES string of the molecule is CCOc1cccc2cc(-c3nnc(NC(=O)C4CCN(S(=O)(=O)c5ccc(Cl)s5)CC4)o3)oc12. The molecule has 184 valence electrons. The van der Waals surface area contributed by atoms with Crippen molar-refractivity contribution < 1.29 is 26.8 Å². The van der Waals surface area contributed by atoms with E-state index in [4.69, 9.17) is 25.2 Å². The van der Waals surface area contributed by atoms with Crippen molar-refractivity contribution in [3.05, 3.63) is 40.7 Å². The minimum absolute atomic E-state index is 0.0567. The fraction of sp³-hybridized carbons (Fsp3) is 0.318. The van der Waals surface area contributed by atoms with Gasteiger partial charge in [-0.15, -0.1) is 16.4 Å². The lowest BCUT2D eigenvalue weighted by molar-refractivity contribution is -0.121. The first-order chi connectivity index (χ1) is 16.8. The summed E-state index contributed by atoms with van der Waals surface area (Å²) in [4.78, 5) is 12.7. The number of aromatic nitrogens is 2. The van der Waals surface area contributed by atoms with Crippen LogP contribution in [0.4, 0.5) is 6.01 Å². The Labute approximate surface area is 209 Å². The summed E-state index contributed by atoms with van der Waals surface area (Å²) in [6, 6.07) is 10.3. The second kappa shape index (κ2) is 9.61. The molecule has 0 radical (unpaired) electrons. The maximum atomic E-state index is 12.8. The highest BCUT2D eigenvalue weighted by Gasteiger charge is 2.33. The number of rotatable bonds is 7. The minimum atomic E-state index is -3.62. The van der Waals surface area contributed by atoms with Gasteiger partial charge in [0, 0.05) is 24.4 Å². The number of sulfonamides is 1. The molecular formula is C22H21ClN4O6S2. The van der Waals surface area contributed by atoms with E-state index < -0.39 is 10.0 Å². The van der Waals surface area contributed by atoms with Crippen LogP contribution in [0.3, 0.4) is 0 Å². The lowest BCUT2D eigenvalue weighted by atomic mass is 9.97. The van der Waals surface area contributed by atoms with Crippen molar-refractivity contribution in [2.45, 2.75) is 24.0 Å². The van der Waals surface area contributed by atoms with Crippen molar-refractivity contribution >= 4 is 55.9 Å². The van der Waals surface area contributed by atoms with E-state index in [1.165, 1.54) is 10.4 Å². The van der Waals surface area contributed by atoms with E-state index in [-0.39, 0.29) is 41.0 Å². The summed E-state index contributed by atoms with van der Waals surface area (Å²) in [6.45, 7) is 2.84. The summed E-state index contributed by atoms with van der Waals surface area (Å²) in [6.07, 6.45) is 0.740. The molecule has 3 aromatic heterocycles. The Morgan fingerprint density at radius 1 is 1.23 bits per heavy atom. The molecule has 1 saturated heterocycles. The van der Waals surface area contributed by atoms with Crippen LogP contribution in [0.15, 0.2) is 49.4 Å². The van der Waals surface area contributed by atoms with Crippen molar-refractivity contribution in [3.63, 3.8) is 0 Å². The molecule has 5 rings (SSSR count). The van der Waals surface area contributed by atoms with Gasteiger partial charge in [-0.3, -0.25) is 10.1 Å². The third-order valence-corrected chi connectivity index (χ3v) is 9.24. The largest absolute Gasteiger partial charge is 0.490 e. The Kier molecular flexibility index (Phi) is 6.53. The molecule has 1 aromatic carbocycles. The Bertz CT molecular complexity index is 1470. The summed E-state index contributed by atoms with van der Waals surface area (Å²) in [5.41, 5.74) is 0.569. The van der Waals surface area contributed by atoms with Gasteiger partial charge in [0.1, 0.15) is 4.21 Å². The zero-order chi connectivity index (χ0) is 24.6. The molecule has 1 aliphatic rings. The van der Waals surface area contributed by atoms with Gasteiger partial charge >= 0.3 is 6.01 Å². The van der Waals surface area contributed by atoms with Crippen LogP contribution < -0.4 is 10.1 Å². The number of nitrogens with zero attached hydrogens (tertiary/aromatic N) is 3. The Morgan fingerprint density at radius 3 is 2.74 bits per heavy atom. The fourth-order valence-electron chi connectivity index (χ4n) is 3.91. The number of furan rings is 1. The normalized spacial score (nSPS) is 15.5. The number of carbonyl (C=O) groups excluding carboxylic acids is 1. The molecule has 0 aliphatic carbocycles. The molecule has 1 amide bonds. The number of hydrogen-bond donors (Lipinski definition) is 1. The van der Waals surface area contributed by atoms with Gasteiger partial charge in [0.25, 0.3) is 15.9 Å². The van der Waals surface area contributed by atoms with Crippen LogP contribution in [0, 0.1) is 5.92 Å². The predicted octanol–water partition coefficient (Wildman–Crippen LogP) is 4.64. The maximum Gasteiger partial charge on any atom is 0.322 e. The van der Waals surface area contributed by atoms with Crippen molar-refractivity contribution in [3.8, 4) is 17.4 Å². The third kappa shape index (κ3) is 4.79. The number of para-hydroxylation sites is 1. The van der Waals surface area contributed by atoms with Gasteiger partial charge in [0.2, 0.25) is 5.91 Å². The minimum Gasteiger partial charge on any atom is -0.490 e.